The molecular formula is C26H27F2N7O2. The Labute approximate surface area is 212 Å². The third kappa shape index (κ3) is 5.27. The van der Waals surface area contributed by atoms with Crippen molar-refractivity contribution in [1.82, 2.24) is 30.1 Å². The lowest BCUT2D eigenvalue weighted by atomic mass is 10.0. The third-order valence-corrected chi connectivity index (χ3v) is 6.21. The first kappa shape index (κ1) is 24.7. The van der Waals surface area contributed by atoms with Crippen molar-refractivity contribution < 1.29 is 18.3 Å². The van der Waals surface area contributed by atoms with Gasteiger partial charge in [-0.05, 0) is 48.0 Å². The summed E-state index contributed by atoms with van der Waals surface area (Å²) in [6.45, 7) is 7.70. The number of rotatable bonds is 7. The largest absolute Gasteiger partial charge is 0.489 e. The lowest BCUT2D eigenvalue weighted by Crippen LogP contribution is -2.38. The molecule has 2 aromatic heterocycles. The first-order valence-electron chi connectivity index (χ1n) is 11.9. The summed E-state index contributed by atoms with van der Waals surface area (Å²) in [6.07, 6.45) is 1.66. The summed E-state index contributed by atoms with van der Waals surface area (Å²) in [4.78, 5) is 6.44. The fourth-order valence-electron chi connectivity index (χ4n) is 4.38. The summed E-state index contributed by atoms with van der Waals surface area (Å²) >= 11 is 0. The normalized spacial score (nSPS) is 14.2. The Balaban J connectivity index is 1.42. The smallest absolute Gasteiger partial charge is 0.202 e. The van der Waals surface area contributed by atoms with Crippen LogP contribution in [0.3, 0.4) is 0 Å². The van der Waals surface area contributed by atoms with Crippen LogP contribution in [0, 0.1) is 25.5 Å². The monoisotopic (exact) mass is 507 g/mol. The highest BCUT2D eigenvalue weighted by Gasteiger charge is 2.22. The van der Waals surface area contributed by atoms with Gasteiger partial charge >= 0.3 is 0 Å². The number of aryl methyl sites for hydroxylation is 2. The number of halogens is 2. The quantitative estimate of drug-likeness (QED) is 0.405. The van der Waals surface area contributed by atoms with E-state index in [-0.39, 0.29) is 29.7 Å². The van der Waals surface area contributed by atoms with Crippen LogP contribution in [0.25, 0.3) is 28.2 Å². The zero-order chi connectivity index (χ0) is 25.9. The summed E-state index contributed by atoms with van der Waals surface area (Å²) in [5.74, 6) is -2.13. The minimum absolute atomic E-state index is 0.135. The first-order valence-corrected chi connectivity index (χ1v) is 11.9. The average Bonchev–Trinajstić information content (AvgIpc) is 3.36. The number of anilines is 1. The number of hydrogen-bond donors (Lipinski definition) is 1. The highest BCUT2D eigenvalue weighted by Crippen LogP contribution is 2.32. The van der Waals surface area contributed by atoms with Crippen LogP contribution in [-0.4, -0.2) is 69.5 Å². The second-order valence-electron chi connectivity index (χ2n) is 8.96. The molecule has 192 valence electrons. The van der Waals surface area contributed by atoms with E-state index in [0.29, 0.717) is 25.3 Å². The summed E-state index contributed by atoms with van der Waals surface area (Å²) in [6, 6.07) is 10.7. The van der Waals surface area contributed by atoms with Crippen molar-refractivity contribution in [1.29, 1.82) is 0 Å². The molecule has 0 radical (unpaired) electrons. The van der Waals surface area contributed by atoms with Crippen LogP contribution in [0.4, 0.5) is 14.6 Å². The molecule has 0 aliphatic carbocycles. The molecule has 0 amide bonds. The van der Waals surface area contributed by atoms with Crippen molar-refractivity contribution in [3.8, 4) is 34.0 Å². The molecule has 0 bridgehead atoms. The van der Waals surface area contributed by atoms with E-state index in [1.807, 2.05) is 26.0 Å². The molecule has 1 saturated heterocycles. The minimum atomic E-state index is -1.13. The molecule has 4 aromatic rings. The predicted molar refractivity (Wildman–Crippen MR) is 134 cm³/mol. The van der Waals surface area contributed by atoms with Crippen molar-refractivity contribution >= 4 is 5.82 Å². The molecule has 9 nitrogen and oxygen atoms in total. The number of nitrogens with two attached hydrogens (primary N) is 1. The van der Waals surface area contributed by atoms with Gasteiger partial charge in [0.25, 0.3) is 0 Å². The molecule has 1 aliphatic heterocycles. The zero-order valence-corrected chi connectivity index (χ0v) is 20.6. The van der Waals surface area contributed by atoms with Crippen LogP contribution >= 0.6 is 0 Å². The Morgan fingerprint density at radius 3 is 2.51 bits per heavy atom. The van der Waals surface area contributed by atoms with Crippen molar-refractivity contribution in [2.45, 2.75) is 13.8 Å². The fraction of sp³-hybridized carbons (Fsp3) is 0.308. The molecule has 2 aromatic carbocycles. The molecule has 0 atom stereocenters. The Kier molecular flexibility index (Phi) is 7.06. The van der Waals surface area contributed by atoms with E-state index >= 15 is 4.39 Å². The maximum atomic E-state index is 15.2. The van der Waals surface area contributed by atoms with E-state index < -0.39 is 11.6 Å². The van der Waals surface area contributed by atoms with Crippen LogP contribution in [0.5, 0.6) is 5.75 Å². The van der Waals surface area contributed by atoms with Gasteiger partial charge in [0.1, 0.15) is 18.1 Å². The molecular weight excluding hydrogens is 480 g/mol. The van der Waals surface area contributed by atoms with Gasteiger partial charge in [0.2, 0.25) is 5.82 Å². The van der Waals surface area contributed by atoms with Gasteiger partial charge in [0.15, 0.2) is 17.4 Å². The number of morpholine rings is 1. The van der Waals surface area contributed by atoms with Crippen LogP contribution in [0.1, 0.15) is 11.1 Å². The maximum absolute atomic E-state index is 15.2. The van der Waals surface area contributed by atoms with E-state index in [9.17, 15) is 4.39 Å². The summed E-state index contributed by atoms with van der Waals surface area (Å²) in [7, 11) is 0. The molecule has 0 saturated carbocycles. The Hall–Kier alpha value is -3.96. The van der Waals surface area contributed by atoms with Gasteiger partial charge in [-0.2, -0.15) is 9.07 Å². The zero-order valence-electron chi connectivity index (χ0n) is 20.6. The van der Waals surface area contributed by atoms with Crippen LogP contribution in [-0.2, 0) is 4.74 Å². The van der Waals surface area contributed by atoms with Crippen LogP contribution < -0.4 is 10.5 Å². The van der Waals surface area contributed by atoms with Crippen molar-refractivity contribution in [2.75, 3.05) is 45.2 Å². The van der Waals surface area contributed by atoms with Gasteiger partial charge in [-0.15, -0.1) is 5.10 Å². The van der Waals surface area contributed by atoms with Gasteiger partial charge < -0.3 is 15.2 Å². The van der Waals surface area contributed by atoms with Crippen molar-refractivity contribution in [3.63, 3.8) is 0 Å². The van der Waals surface area contributed by atoms with Gasteiger partial charge in [-0.1, -0.05) is 29.3 Å². The number of hydrogen-bond acceptors (Lipinski definition) is 8. The standard InChI is InChI=1S/C26H27F2N7O2/c1-16-11-17(2)13-18(12-16)19-14-20(25(29)30-15-19)26-31-32-33-35(26)21-3-4-22(24(28)23(21)27)37-10-7-34-5-8-36-9-6-34/h3-4,11-15H,5-10H2,1-2H3,(H2,29,30). The van der Waals surface area contributed by atoms with E-state index in [4.69, 9.17) is 15.2 Å². The summed E-state index contributed by atoms with van der Waals surface area (Å²) in [5.41, 5.74) is 10.3. The van der Waals surface area contributed by atoms with Crippen molar-refractivity contribution in [2.24, 2.45) is 0 Å². The lowest BCUT2D eigenvalue weighted by molar-refractivity contribution is 0.0320. The first-order chi connectivity index (χ1) is 17.9. The SMILES string of the molecule is Cc1cc(C)cc(-c2cnc(N)c(-c3nnnn3-c3ccc(OCCN4CCOCC4)c(F)c3F)c2)c1. The second-order valence-corrected chi connectivity index (χ2v) is 8.96. The van der Waals surface area contributed by atoms with E-state index in [2.05, 4.69) is 31.5 Å². The second kappa shape index (κ2) is 10.6. The summed E-state index contributed by atoms with van der Waals surface area (Å²) < 4.78 is 42.1. The highest BCUT2D eigenvalue weighted by atomic mass is 19.2. The molecule has 3 heterocycles. The van der Waals surface area contributed by atoms with Gasteiger partial charge in [0, 0.05) is 31.4 Å². The van der Waals surface area contributed by atoms with Gasteiger partial charge in [-0.25, -0.2) is 9.37 Å². The number of pyridine rings is 1. The third-order valence-electron chi connectivity index (χ3n) is 6.21. The molecule has 11 heteroatoms. The van der Waals surface area contributed by atoms with Crippen LogP contribution in [0.15, 0.2) is 42.6 Å². The Bertz CT molecular complexity index is 1400. The van der Waals surface area contributed by atoms with Gasteiger partial charge in [0.05, 0.1) is 18.8 Å². The lowest BCUT2D eigenvalue weighted by Gasteiger charge is -2.26. The Morgan fingerprint density at radius 2 is 1.76 bits per heavy atom. The minimum Gasteiger partial charge on any atom is -0.489 e. The molecule has 1 fully saturated rings. The topological polar surface area (TPSA) is 104 Å². The predicted octanol–water partition coefficient (Wildman–Crippen LogP) is 3.58. The average molecular weight is 508 g/mol. The summed E-state index contributed by atoms with van der Waals surface area (Å²) in [5, 5.41) is 11.6. The van der Waals surface area contributed by atoms with Crippen LogP contribution in [0.2, 0.25) is 0 Å². The molecule has 0 unspecified atom stereocenters. The van der Waals surface area contributed by atoms with Gasteiger partial charge in [-0.3, -0.25) is 4.90 Å². The van der Waals surface area contributed by atoms with E-state index in [0.717, 1.165) is 40.0 Å². The Morgan fingerprint density at radius 1 is 1.00 bits per heavy atom. The molecule has 0 spiro atoms. The van der Waals surface area contributed by atoms with E-state index in [1.165, 1.54) is 12.1 Å². The maximum Gasteiger partial charge on any atom is 0.202 e. The number of aromatic nitrogens is 5. The number of tetrazole rings is 1. The number of nitrogen functional groups attached to an aromatic ring is 1. The number of ether oxygens (including phenoxy) is 2. The fourth-order valence-corrected chi connectivity index (χ4v) is 4.38. The molecule has 5 rings (SSSR count). The molecule has 2 N–H and O–H groups in total. The number of benzene rings is 2. The molecule has 37 heavy (non-hydrogen) atoms. The van der Waals surface area contributed by atoms with E-state index in [1.54, 1.807) is 12.3 Å². The molecule has 1 aliphatic rings. The highest BCUT2D eigenvalue weighted by molar-refractivity contribution is 5.77. The van der Waals surface area contributed by atoms with Crippen molar-refractivity contribution in [3.05, 3.63) is 65.4 Å². The number of nitrogens with zero attached hydrogens (tertiary/aromatic N) is 6.